The summed E-state index contributed by atoms with van der Waals surface area (Å²) in [6.07, 6.45) is 5.89. The van der Waals surface area contributed by atoms with Crippen molar-refractivity contribution < 1.29 is 24.9 Å². The number of carbonyl (C=O) groups is 2. The molecule has 0 rings (SSSR count). The zero-order valence-corrected chi connectivity index (χ0v) is 12.9. The molecule has 0 saturated heterocycles. The van der Waals surface area contributed by atoms with Gasteiger partial charge in [-0.25, -0.2) is 0 Å². The highest BCUT2D eigenvalue weighted by Crippen LogP contribution is 2.04. The van der Waals surface area contributed by atoms with Crippen LogP contribution in [0.2, 0.25) is 0 Å². The van der Waals surface area contributed by atoms with Crippen molar-refractivity contribution in [3.8, 4) is 0 Å². The SMILES string of the molecule is CCCCCCCC(=O)NCC(=O)O.OCCNCCO. The van der Waals surface area contributed by atoms with Crippen LogP contribution in [0.5, 0.6) is 0 Å². The zero-order valence-electron chi connectivity index (χ0n) is 12.9. The number of aliphatic hydroxyl groups is 2. The average molecular weight is 306 g/mol. The molecular formula is C14H30N2O5. The summed E-state index contributed by atoms with van der Waals surface area (Å²) in [5.41, 5.74) is 0. The first-order valence-electron chi connectivity index (χ1n) is 7.49. The van der Waals surface area contributed by atoms with Gasteiger partial charge in [0.15, 0.2) is 0 Å². The number of carboxylic acids is 1. The van der Waals surface area contributed by atoms with E-state index in [2.05, 4.69) is 17.6 Å². The molecule has 0 spiro atoms. The Morgan fingerprint density at radius 1 is 0.952 bits per heavy atom. The summed E-state index contributed by atoms with van der Waals surface area (Å²) < 4.78 is 0. The van der Waals surface area contributed by atoms with E-state index < -0.39 is 5.97 Å². The fourth-order valence-corrected chi connectivity index (χ4v) is 1.43. The Morgan fingerprint density at radius 3 is 2.00 bits per heavy atom. The van der Waals surface area contributed by atoms with Gasteiger partial charge in [-0.15, -0.1) is 0 Å². The Morgan fingerprint density at radius 2 is 1.52 bits per heavy atom. The second kappa shape index (κ2) is 18.8. The standard InChI is InChI=1S/C10H19NO3.C4H11NO2/c1-2-3-4-5-6-7-9(12)11-8-10(13)14;6-3-1-5-2-4-7/h2-8H2,1H3,(H,11,12)(H,13,14);5-7H,1-4H2. The molecule has 0 radical (unpaired) electrons. The molecule has 0 aromatic rings. The van der Waals surface area contributed by atoms with Crippen LogP contribution in [0.15, 0.2) is 0 Å². The summed E-state index contributed by atoms with van der Waals surface area (Å²) in [5, 5.41) is 29.7. The second-order valence-corrected chi connectivity index (χ2v) is 4.53. The highest BCUT2D eigenvalue weighted by molar-refractivity contribution is 5.80. The van der Waals surface area contributed by atoms with Crippen molar-refractivity contribution in [1.82, 2.24) is 10.6 Å². The van der Waals surface area contributed by atoms with Gasteiger partial charge in [0.25, 0.3) is 0 Å². The molecule has 0 saturated carbocycles. The number of amides is 1. The van der Waals surface area contributed by atoms with Crippen LogP contribution in [-0.4, -0.2) is 60.0 Å². The smallest absolute Gasteiger partial charge is 0.322 e. The maximum absolute atomic E-state index is 11.0. The molecule has 0 bridgehead atoms. The predicted molar refractivity (Wildman–Crippen MR) is 81.1 cm³/mol. The maximum atomic E-state index is 11.0. The fourth-order valence-electron chi connectivity index (χ4n) is 1.43. The lowest BCUT2D eigenvalue weighted by atomic mass is 10.1. The maximum Gasteiger partial charge on any atom is 0.322 e. The number of aliphatic carboxylic acids is 1. The third kappa shape index (κ3) is 24.2. The molecule has 126 valence electrons. The number of carbonyl (C=O) groups excluding carboxylic acids is 1. The van der Waals surface area contributed by atoms with Gasteiger partial charge < -0.3 is 26.0 Å². The van der Waals surface area contributed by atoms with Crippen molar-refractivity contribution in [1.29, 1.82) is 0 Å². The monoisotopic (exact) mass is 306 g/mol. The van der Waals surface area contributed by atoms with Gasteiger partial charge in [-0.2, -0.15) is 0 Å². The quantitative estimate of drug-likeness (QED) is 0.327. The van der Waals surface area contributed by atoms with E-state index in [9.17, 15) is 9.59 Å². The Balaban J connectivity index is 0. The van der Waals surface area contributed by atoms with Crippen LogP contribution < -0.4 is 10.6 Å². The van der Waals surface area contributed by atoms with Crippen LogP contribution in [0, 0.1) is 0 Å². The highest BCUT2D eigenvalue weighted by atomic mass is 16.4. The number of nitrogens with one attached hydrogen (secondary N) is 2. The van der Waals surface area contributed by atoms with E-state index in [-0.39, 0.29) is 25.7 Å². The van der Waals surface area contributed by atoms with Crippen LogP contribution in [0.3, 0.4) is 0 Å². The molecule has 5 N–H and O–H groups in total. The van der Waals surface area contributed by atoms with Crippen molar-refractivity contribution in [2.24, 2.45) is 0 Å². The number of hydrogen-bond donors (Lipinski definition) is 5. The minimum absolute atomic E-state index is 0.139. The van der Waals surface area contributed by atoms with Crippen molar-refractivity contribution in [2.75, 3.05) is 32.8 Å². The van der Waals surface area contributed by atoms with E-state index in [0.717, 1.165) is 19.3 Å². The second-order valence-electron chi connectivity index (χ2n) is 4.53. The first-order valence-corrected chi connectivity index (χ1v) is 7.49. The summed E-state index contributed by atoms with van der Waals surface area (Å²) >= 11 is 0. The van der Waals surface area contributed by atoms with Crippen LogP contribution >= 0.6 is 0 Å². The van der Waals surface area contributed by atoms with E-state index in [1.165, 1.54) is 12.8 Å². The lowest BCUT2D eigenvalue weighted by Crippen LogP contribution is -2.28. The summed E-state index contributed by atoms with van der Waals surface area (Å²) in [4.78, 5) is 21.1. The Bertz CT molecular complexity index is 246. The molecule has 7 nitrogen and oxygen atoms in total. The molecule has 0 heterocycles. The van der Waals surface area contributed by atoms with Crippen molar-refractivity contribution in [3.05, 3.63) is 0 Å². The topological polar surface area (TPSA) is 119 Å². The van der Waals surface area contributed by atoms with Gasteiger partial charge in [0.05, 0.1) is 13.2 Å². The molecule has 21 heavy (non-hydrogen) atoms. The molecule has 0 atom stereocenters. The number of hydrogen-bond acceptors (Lipinski definition) is 5. The highest BCUT2D eigenvalue weighted by Gasteiger charge is 2.02. The molecule has 7 heteroatoms. The first kappa shape index (κ1) is 22.1. The third-order valence-electron chi connectivity index (χ3n) is 2.52. The predicted octanol–water partition coefficient (Wildman–Crippen LogP) is 0.108. The Labute approximate surface area is 126 Å². The number of unbranched alkanes of at least 4 members (excludes halogenated alkanes) is 4. The minimum atomic E-state index is -0.996. The normalized spacial score (nSPS) is 9.67. The van der Waals surface area contributed by atoms with Crippen LogP contribution in [0.4, 0.5) is 0 Å². The van der Waals surface area contributed by atoms with Crippen LogP contribution in [0.25, 0.3) is 0 Å². The van der Waals surface area contributed by atoms with E-state index in [4.69, 9.17) is 15.3 Å². The number of rotatable bonds is 12. The summed E-state index contributed by atoms with van der Waals surface area (Å²) in [7, 11) is 0. The van der Waals surface area contributed by atoms with Gasteiger partial charge in [0.1, 0.15) is 6.54 Å². The van der Waals surface area contributed by atoms with E-state index in [0.29, 0.717) is 19.5 Å². The van der Waals surface area contributed by atoms with Gasteiger partial charge in [-0.3, -0.25) is 9.59 Å². The third-order valence-corrected chi connectivity index (χ3v) is 2.52. The molecule has 0 aromatic heterocycles. The van der Waals surface area contributed by atoms with E-state index in [1.54, 1.807) is 0 Å². The minimum Gasteiger partial charge on any atom is -0.480 e. The van der Waals surface area contributed by atoms with Gasteiger partial charge in [-0.1, -0.05) is 32.6 Å². The molecular weight excluding hydrogens is 276 g/mol. The fraction of sp³-hybridized carbons (Fsp3) is 0.857. The summed E-state index contributed by atoms with van der Waals surface area (Å²) in [5.74, 6) is -1.16. The first-order chi connectivity index (χ1) is 10.1. The Hall–Kier alpha value is -1.18. The zero-order chi connectivity index (χ0) is 16.3. The van der Waals surface area contributed by atoms with Gasteiger partial charge in [-0.05, 0) is 6.42 Å². The van der Waals surface area contributed by atoms with E-state index in [1.807, 2.05) is 0 Å². The molecule has 0 aliphatic heterocycles. The van der Waals surface area contributed by atoms with Crippen molar-refractivity contribution in [2.45, 2.75) is 45.4 Å². The van der Waals surface area contributed by atoms with Crippen LogP contribution in [-0.2, 0) is 9.59 Å². The van der Waals surface area contributed by atoms with Gasteiger partial charge in [0, 0.05) is 19.5 Å². The Kier molecular flexibility index (Phi) is 19.8. The largest absolute Gasteiger partial charge is 0.480 e. The van der Waals surface area contributed by atoms with Gasteiger partial charge in [0.2, 0.25) is 5.91 Å². The molecule has 0 aliphatic rings. The average Bonchev–Trinajstić information content (AvgIpc) is 2.46. The lowest BCUT2D eigenvalue weighted by Gasteiger charge is -2.01. The molecule has 0 fully saturated rings. The molecule has 1 amide bonds. The van der Waals surface area contributed by atoms with Crippen molar-refractivity contribution in [3.63, 3.8) is 0 Å². The lowest BCUT2D eigenvalue weighted by molar-refractivity contribution is -0.137. The summed E-state index contributed by atoms with van der Waals surface area (Å²) in [6.45, 7) is 3.29. The van der Waals surface area contributed by atoms with Crippen molar-refractivity contribution >= 4 is 11.9 Å². The number of carboxylic acid groups (broad SMARTS) is 1. The number of aliphatic hydroxyl groups excluding tert-OH is 2. The summed E-state index contributed by atoms with van der Waals surface area (Å²) in [6, 6.07) is 0. The van der Waals surface area contributed by atoms with E-state index >= 15 is 0 Å². The molecule has 0 unspecified atom stereocenters. The molecule has 0 aliphatic carbocycles. The van der Waals surface area contributed by atoms with Crippen LogP contribution in [0.1, 0.15) is 45.4 Å². The molecule has 0 aromatic carbocycles. The van der Waals surface area contributed by atoms with Gasteiger partial charge >= 0.3 is 5.97 Å².